The Morgan fingerprint density at radius 2 is 1.70 bits per heavy atom. The molecule has 3 fully saturated rings. The average molecular weight is 279 g/mol. The third-order valence-electron chi connectivity index (χ3n) is 5.71. The summed E-state index contributed by atoms with van der Waals surface area (Å²) in [5.41, 5.74) is 0. The molecule has 0 aromatic heterocycles. The molecule has 0 aromatic carbocycles. The summed E-state index contributed by atoms with van der Waals surface area (Å²) < 4.78 is 0. The minimum absolute atomic E-state index is 0.908. The quantitative estimate of drug-likeness (QED) is 0.833. The summed E-state index contributed by atoms with van der Waals surface area (Å²) in [6.07, 6.45) is 11.5. The Bertz CT molecular complexity index is 261. The van der Waals surface area contributed by atoms with Crippen molar-refractivity contribution in [2.75, 3.05) is 45.8 Å². The van der Waals surface area contributed by atoms with Crippen LogP contribution in [0, 0.1) is 5.92 Å². The summed E-state index contributed by atoms with van der Waals surface area (Å²) in [5, 5.41) is 3.48. The molecule has 3 aliphatic rings. The van der Waals surface area contributed by atoms with Gasteiger partial charge in [-0.15, -0.1) is 0 Å². The third kappa shape index (κ3) is 4.19. The van der Waals surface area contributed by atoms with Gasteiger partial charge in [-0.05, 0) is 96.7 Å². The highest BCUT2D eigenvalue weighted by Crippen LogP contribution is 2.21. The van der Waals surface area contributed by atoms with Crippen molar-refractivity contribution in [1.82, 2.24) is 15.1 Å². The molecule has 0 amide bonds. The van der Waals surface area contributed by atoms with Gasteiger partial charge in [0.1, 0.15) is 0 Å². The van der Waals surface area contributed by atoms with Gasteiger partial charge in [-0.2, -0.15) is 0 Å². The van der Waals surface area contributed by atoms with Crippen LogP contribution in [0.25, 0.3) is 0 Å². The maximum absolute atomic E-state index is 3.48. The van der Waals surface area contributed by atoms with Crippen LogP contribution in [0.5, 0.6) is 0 Å². The Balaban J connectivity index is 1.29. The highest BCUT2D eigenvalue weighted by molar-refractivity contribution is 4.81. The van der Waals surface area contributed by atoms with Crippen molar-refractivity contribution in [3.63, 3.8) is 0 Å². The highest BCUT2D eigenvalue weighted by atomic mass is 15.2. The molecule has 1 atom stereocenters. The summed E-state index contributed by atoms with van der Waals surface area (Å²) in [7, 11) is 0. The van der Waals surface area contributed by atoms with Gasteiger partial charge in [-0.3, -0.25) is 0 Å². The fourth-order valence-corrected chi connectivity index (χ4v) is 4.36. The molecule has 3 rings (SSSR count). The second-order valence-electron chi connectivity index (χ2n) is 7.17. The van der Waals surface area contributed by atoms with Gasteiger partial charge in [0.2, 0.25) is 0 Å². The Kier molecular flexibility index (Phi) is 5.75. The van der Waals surface area contributed by atoms with E-state index in [1.54, 1.807) is 0 Å². The molecular formula is C17H33N3. The Hall–Kier alpha value is -0.120. The van der Waals surface area contributed by atoms with Gasteiger partial charge < -0.3 is 15.1 Å². The largest absolute Gasteiger partial charge is 0.316 e. The molecule has 3 saturated heterocycles. The molecule has 0 radical (unpaired) electrons. The van der Waals surface area contributed by atoms with E-state index in [-0.39, 0.29) is 0 Å². The molecule has 1 unspecified atom stereocenters. The molecule has 0 bridgehead atoms. The average Bonchev–Trinajstić information content (AvgIpc) is 3.02. The van der Waals surface area contributed by atoms with Crippen molar-refractivity contribution in [1.29, 1.82) is 0 Å². The first kappa shape index (κ1) is 14.8. The SMILES string of the molecule is C1CCN(C2CCN(CCCC3CCNC3)CC2)CC1. The van der Waals surface area contributed by atoms with Gasteiger partial charge in [-0.25, -0.2) is 0 Å². The summed E-state index contributed by atoms with van der Waals surface area (Å²) in [4.78, 5) is 5.51. The maximum atomic E-state index is 3.48. The lowest BCUT2D eigenvalue weighted by Crippen LogP contribution is -2.46. The number of nitrogens with one attached hydrogen (secondary N) is 1. The lowest BCUT2D eigenvalue weighted by atomic mass is 9.99. The normalized spacial score (nSPS) is 30.9. The number of likely N-dealkylation sites (tertiary alicyclic amines) is 2. The second-order valence-corrected chi connectivity index (χ2v) is 7.17. The number of hydrogen-bond acceptors (Lipinski definition) is 3. The van der Waals surface area contributed by atoms with E-state index >= 15 is 0 Å². The van der Waals surface area contributed by atoms with Gasteiger partial charge >= 0.3 is 0 Å². The van der Waals surface area contributed by atoms with E-state index in [0.717, 1.165) is 12.0 Å². The summed E-state index contributed by atoms with van der Waals surface area (Å²) in [5.74, 6) is 0.973. The van der Waals surface area contributed by atoms with E-state index in [1.165, 1.54) is 97.2 Å². The lowest BCUT2D eigenvalue weighted by molar-refractivity contribution is 0.0914. The van der Waals surface area contributed by atoms with Crippen LogP contribution >= 0.6 is 0 Å². The summed E-state index contributed by atoms with van der Waals surface area (Å²) in [6.45, 7) is 9.33. The van der Waals surface area contributed by atoms with Crippen molar-refractivity contribution in [2.45, 2.75) is 57.4 Å². The molecule has 3 nitrogen and oxygen atoms in total. The fraction of sp³-hybridized carbons (Fsp3) is 1.00. The lowest BCUT2D eigenvalue weighted by Gasteiger charge is -2.40. The molecule has 0 aromatic rings. The zero-order valence-electron chi connectivity index (χ0n) is 13.2. The molecule has 3 aliphatic heterocycles. The van der Waals surface area contributed by atoms with Crippen LogP contribution < -0.4 is 5.32 Å². The zero-order valence-corrected chi connectivity index (χ0v) is 13.2. The molecular weight excluding hydrogens is 246 g/mol. The Labute approximate surface area is 125 Å². The van der Waals surface area contributed by atoms with Crippen LogP contribution in [0.2, 0.25) is 0 Å². The number of piperidine rings is 2. The van der Waals surface area contributed by atoms with Crippen molar-refractivity contribution in [3.8, 4) is 0 Å². The van der Waals surface area contributed by atoms with Gasteiger partial charge in [0, 0.05) is 6.04 Å². The first-order valence-corrected chi connectivity index (χ1v) is 9.09. The second kappa shape index (κ2) is 7.77. The molecule has 3 heteroatoms. The van der Waals surface area contributed by atoms with E-state index in [0.29, 0.717) is 0 Å². The third-order valence-corrected chi connectivity index (χ3v) is 5.71. The van der Waals surface area contributed by atoms with E-state index in [2.05, 4.69) is 15.1 Å². The van der Waals surface area contributed by atoms with Gasteiger partial charge in [0.05, 0.1) is 0 Å². The fourth-order valence-electron chi connectivity index (χ4n) is 4.36. The monoisotopic (exact) mass is 279 g/mol. The highest BCUT2D eigenvalue weighted by Gasteiger charge is 2.25. The van der Waals surface area contributed by atoms with E-state index in [1.807, 2.05) is 0 Å². The zero-order chi connectivity index (χ0) is 13.6. The van der Waals surface area contributed by atoms with Crippen LogP contribution in [0.15, 0.2) is 0 Å². The number of rotatable bonds is 5. The standard InChI is InChI=1S/C17H33N3/c1-2-11-20(12-3-1)17-7-13-19(14-8-17)10-4-5-16-6-9-18-15-16/h16-18H,1-15H2. The number of hydrogen-bond donors (Lipinski definition) is 1. The van der Waals surface area contributed by atoms with Crippen LogP contribution in [0.3, 0.4) is 0 Å². The van der Waals surface area contributed by atoms with Gasteiger partial charge in [0.25, 0.3) is 0 Å². The minimum Gasteiger partial charge on any atom is -0.316 e. The summed E-state index contributed by atoms with van der Waals surface area (Å²) in [6, 6.07) is 0.908. The molecule has 3 heterocycles. The van der Waals surface area contributed by atoms with Crippen LogP contribution in [-0.4, -0.2) is 61.7 Å². The van der Waals surface area contributed by atoms with Gasteiger partial charge in [0.15, 0.2) is 0 Å². The summed E-state index contributed by atoms with van der Waals surface area (Å²) >= 11 is 0. The topological polar surface area (TPSA) is 18.5 Å². The number of nitrogens with zero attached hydrogens (tertiary/aromatic N) is 2. The van der Waals surface area contributed by atoms with Crippen molar-refractivity contribution < 1.29 is 0 Å². The minimum atomic E-state index is 0.908. The van der Waals surface area contributed by atoms with Crippen LogP contribution in [0.4, 0.5) is 0 Å². The van der Waals surface area contributed by atoms with Crippen molar-refractivity contribution in [2.24, 2.45) is 5.92 Å². The molecule has 0 saturated carbocycles. The van der Waals surface area contributed by atoms with E-state index in [4.69, 9.17) is 0 Å². The molecule has 20 heavy (non-hydrogen) atoms. The molecule has 116 valence electrons. The first-order valence-electron chi connectivity index (χ1n) is 9.09. The maximum Gasteiger partial charge on any atom is 0.0120 e. The van der Waals surface area contributed by atoms with Crippen LogP contribution in [-0.2, 0) is 0 Å². The van der Waals surface area contributed by atoms with Crippen molar-refractivity contribution in [3.05, 3.63) is 0 Å². The van der Waals surface area contributed by atoms with E-state index in [9.17, 15) is 0 Å². The Morgan fingerprint density at radius 3 is 2.40 bits per heavy atom. The predicted molar refractivity (Wildman–Crippen MR) is 85.1 cm³/mol. The van der Waals surface area contributed by atoms with Gasteiger partial charge in [-0.1, -0.05) is 6.42 Å². The molecule has 0 spiro atoms. The van der Waals surface area contributed by atoms with Crippen LogP contribution in [0.1, 0.15) is 51.4 Å². The molecule has 0 aliphatic carbocycles. The predicted octanol–water partition coefficient (Wildman–Crippen LogP) is 2.33. The van der Waals surface area contributed by atoms with Crippen molar-refractivity contribution >= 4 is 0 Å². The van der Waals surface area contributed by atoms with E-state index < -0.39 is 0 Å². The molecule has 1 N–H and O–H groups in total. The smallest absolute Gasteiger partial charge is 0.0120 e. The first-order chi connectivity index (χ1) is 9.92. The Morgan fingerprint density at radius 1 is 0.900 bits per heavy atom.